The maximum atomic E-state index is 8.76. The third-order valence-corrected chi connectivity index (χ3v) is 22.6. The Morgan fingerprint density at radius 1 is 0.305 bits per heavy atom. The number of hydrogen-bond acceptors (Lipinski definition) is 8. The van der Waals surface area contributed by atoms with Gasteiger partial charge in [-0.25, -0.2) is 38.2 Å². The molecular weight excluding hydrogens is 1450 g/mol. The van der Waals surface area contributed by atoms with Gasteiger partial charge in [0.2, 0.25) is 45.6 Å². The van der Waals surface area contributed by atoms with Crippen LogP contribution in [-0.4, -0.2) is 19.9 Å². The van der Waals surface area contributed by atoms with Gasteiger partial charge in [-0.2, -0.15) is 0 Å². The maximum absolute atomic E-state index is 8.76. The second-order valence-electron chi connectivity index (χ2n) is 38.4. The topological polar surface area (TPSA) is 120 Å². The molecule has 12 heterocycles. The van der Waals surface area contributed by atoms with E-state index in [0.717, 1.165) is 187 Å². The lowest BCUT2D eigenvalue weighted by Crippen LogP contribution is -2.32. The highest BCUT2D eigenvalue weighted by molar-refractivity contribution is 6.12. The number of aryl methyl sites for hydroxylation is 14. The van der Waals surface area contributed by atoms with Gasteiger partial charge < -0.3 is 17.7 Å². The fourth-order valence-corrected chi connectivity index (χ4v) is 16.4. The van der Waals surface area contributed by atoms with Crippen LogP contribution in [0.5, 0.6) is 0 Å². The van der Waals surface area contributed by atoms with Gasteiger partial charge in [0.15, 0.2) is 47.1 Å². The number of pyridine rings is 8. The van der Waals surface area contributed by atoms with Crippen LogP contribution >= 0.6 is 0 Å². The minimum absolute atomic E-state index is 0.258. The van der Waals surface area contributed by atoms with E-state index in [1.807, 2.05) is 91.0 Å². The van der Waals surface area contributed by atoms with Crippen molar-refractivity contribution in [1.29, 1.82) is 0 Å². The van der Waals surface area contributed by atoms with Gasteiger partial charge in [0, 0.05) is 118 Å². The predicted octanol–water partition coefficient (Wildman–Crippen LogP) is 26.1. The molecule has 118 heavy (non-hydrogen) atoms. The van der Waals surface area contributed by atoms with Crippen molar-refractivity contribution < 1.29 is 41.4 Å². The first-order valence-corrected chi connectivity index (χ1v) is 42.3. The number of rotatable bonds is 12. The Labute approximate surface area is 706 Å². The SMILES string of the molecule is CCc1ccc2c(n1)oc1c(-c3cc(C)c(CC(C)(C)C)c[n+]3C)c(C)ccc12.Cc1cc(-c2c(C)ccc3c2oc2nc(C(C)C)ccc23)[n+](C)cc1CC(C)(C)C.[2H]C([2H])(c1c[n+](C)c(-c2c(C)ccc3c2oc2nc(C(C)C)ccc23)cc1C)C(C)(C)C.[2H]C([2H])(c1c[n+](C)c(-c2c(C)ccc3c2oc2nc(CC)ccc23)cc1C)C(C)(C)C. The van der Waals surface area contributed by atoms with Crippen molar-refractivity contribution in [3.05, 3.63) is 236 Å². The van der Waals surface area contributed by atoms with Crippen LogP contribution in [0.4, 0.5) is 0 Å². The second-order valence-corrected chi connectivity index (χ2v) is 38.4. The fraction of sp³-hybridized carbons (Fsp3) is 0.396. The quantitative estimate of drug-likeness (QED) is 0.111. The molecule has 0 spiro atoms. The van der Waals surface area contributed by atoms with Crippen molar-refractivity contribution in [3.8, 4) is 45.0 Å². The Bertz CT molecular complexity index is 6760. The van der Waals surface area contributed by atoms with E-state index in [9.17, 15) is 0 Å². The number of nitrogens with zero attached hydrogens (tertiary/aromatic N) is 8. The van der Waals surface area contributed by atoms with E-state index >= 15 is 0 Å². The van der Waals surface area contributed by atoms with Crippen LogP contribution < -0.4 is 18.3 Å². The van der Waals surface area contributed by atoms with Gasteiger partial charge in [0.1, 0.15) is 28.2 Å². The van der Waals surface area contributed by atoms with Gasteiger partial charge in [-0.15, -0.1) is 0 Å². The third kappa shape index (κ3) is 17.8. The summed E-state index contributed by atoms with van der Waals surface area (Å²) in [5.41, 5.74) is 32.1. The molecular formula is C106H128N8O4+4. The number of aromatic nitrogens is 8. The summed E-state index contributed by atoms with van der Waals surface area (Å²) in [6.45, 7) is 55.1. The van der Waals surface area contributed by atoms with Crippen molar-refractivity contribution in [2.75, 3.05) is 0 Å². The van der Waals surface area contributed by atoms with Gasteiger partial charge in [-0.3, -0.25) is 0 Å². The van der Waals surface area contributed by atoms with Gasteiger partial charge in [0.25, 0.3) is 0 Å². The highest BCUT2D eigenvalue weighted by atomic mass is 16.4. The van der Waals surface area contributed by atoms with Crippen molar-refractivity contribution in [3.63, 3.8) is 0 Å². The van der Waals surface area contributed by atoms with Crippen LogP contribution in [0.25, 0.3) is 133 Å². The van der Waals surface area contributed by atoms with E-state index in [1.54, 1.807) is 0 Å². The molecule has 0 radical (unpaired) electrons. The standard InChI is InChI=1S/2C27H33N2O.2C26H31N2O/c2*1-16(2)22-12-11-21-20-10-9-17(3)24(25(20)30-26(21)28-22)23-13-18(4)19(15-29(23)8)14-27(5,6)7;2*1-8-19-10-12-21-20-11-9-16(2)23(24(20)29-25(21)27-19)22-13-17(3)18(15-28(22)7)14-26(4,5)6/h2*9-13,15-16H,14H2,1-8H3;2*9-13,15H,8,14H2,1-7H3/q4*+1/i14D2;;14D2;. The molecule has 0 N–H and O–H groups in total. The summed E-state index contributed by atoms with van der Waals surface area (Å²) in [5.74, 6) is 0.708. The van der Waals surface area contributed by atoms with Gasteiger partial charge >= 0.3 is 0 Å². The molecule has 0 amide bonds. The minimum atomic E-state index is -1.45. The van der Waals surface area contributed by atoms with Crippen LogP contribution in [0.1, 0.15) is 231 Å². The third-order valence-electron chi connectivity index (χ3n) is 22.6. The highest BCUT2D eigenvalue weighted by Gasteiger charge is 2.31. The zero-order valence-corrected chi connectivity index (χ0v) is 76.1. The zero-order chi connectivity index (χ0) is 89.0. The number of hydrogen-bond donors (Lipinski definition) is 0. The molecule has 12 heteroatoms. The Balaban J connectivity index is 0.000000140. The summed E-state index contributed by atoms with van der Waals surface area (Å²) in [7, 11) is 8.23. The number of fused-ring (bicyclic) bond motifs is 12. The molecule has 612 valence electrons. The molecule has 0 aliphatic carbocycles. The largest absolute Gasteiger partial charge is 0.437 e. The van der Waals surface area contributed by atoms with Gasteiger partial charge in [-0.05, 0) is 220 Å². The van der Waals surface area contributed by atoms with E-state index in [2.05, 4.69) is 287 Å². The Morgan fingerprint density at radius 2 is 0.542 bits per heavy atom. The minimum Gasteiger partial charge on any atom is -0.437 e. The lowest BCUT2D eigenvalue weighted by Gasteiger charge is -2.19. The molecule has 4 aromatic carbocycles. The molecule has 16 rings (SSSR count). The summed E-state index contributed by atoms with van der Waals surface area (Å²) in [5, 5.41) is 8.57. The van der Waals surface area contributed by atoms with Crippen LogP contribution in [0, 0.1) is 77.0 Å². The molecule has 12 nitrogen and oxygen atoms in total. The van der Waals surface area contributed by atoms with Gasteiger partial charge in [-0.1, -0.05) is 173 Å². The number of benzene rings is 4. The molecule has 0 unspecified atom stereocenters. The summed E-state index contributed by atoms with van der Waals surface area (Å²) in [4.78, 5) is 19.0. The first-order chi connectivity index (χ1) is 57.0. The average Bonchev–Trinajstić information content (AvgIpc) is 1.56. The lowest BCUT2D eigenvalue weighted by atomic mass is 9.86. The van der Waals surface area contributed by atoms with E-state index in [4.69, 9.17) is 38.1 Å². The zero-order valence-electron chi connectivity index (χ0n) is 80.1. The van der Waals surface area contributed by atoms with E-state index in [0.29, 0.717) is 28.8 Å². The maximum Gasteiger partial charge on any atom is 0.227 e. The predicted molar refractivity (Wildman–Crippen MR) is 490 cm³/mol. The van der Waals surface area contributed by atoms with Crippen molar-refractivity contribution in [2.45, 2.75) is 230 Å². The molecule has 0 aliphatic rings. The molecule has 0 saturated carbocycles. The van der Waals surface area contributed by atoms with Crippen molar-refractivity contribution >= 4 is 88.3 Å². The highest BCUT2D eigenvalue weighted by Crippen LogP contribution is 2.43. The van der Waals surface area contributed by atoms with Crippen LogP contribution in [0.2, 0.25) is 0 Å². The first-order valence-electron chi connectivity index (χ1n) is 44.3. The molecule has 0 bridgehead atoms. The fourth-order valence-electron chi connectivity index (χ4n) is 16.4. The van der Waals surface area contributed by atoms with Crippen LogP contribution in [-0.2, 0) is 66.6 Å². The summed E-state index contributed by atoms with van der Waals surface area (Å²) >= 11 is 0. The van der Waals surface area contributed by atoms with Crippen LogP contribution in [0.15, 0.2) is 164 Å². The molecule has 0 saturated heterocycles. The Morgan fingerprint density at radius 3 is 0.788 bits per heavy atom. The Kier molecular flexibility index (Phi) is 22.2. The van der Waals surface area contributed by atoms with E-state index in [1.165, 1.54) is 44.8 Å². The smallest absolute Gasteiger partial charge is 0.227 e. The molecule has 0 aliphatic heterocycles. The molecule has 0 fully saturated rings. The summed E-state index contributed by atoms with van der Waals surface area (Å²) in [6.07, 6.45) is 9.42. The van der Waals surface area contributed by atoms with Crippen LogP contribution in [0.3, 0.4) is 0 Å². The summed E-state index contributed by atoms with van der Waals surface area (Å²) in [6, 6.07) is 42.8. The van der Waals surface area contributed by atoms with E-state index < -0.39 is 23.6 Å². The molecule has 16 aromatic rings. The van der Waals surface area contributed by atoms with Crippen molar-refractivity contribution in [2.24, 2.45) is 49.9 Å². The average molecular weight is 1580 g/mol. The molecule has 12 aromatic heterocycles. The normalized spacial score (nSPS) is 13.1. The second kappa shape index (κ2) is 32.9. The number of furan rings is 4. The van der Waals surface area contributed by atoms with E-state index in [-0.39, 0.29) is 10.8 Å². The monoisotopic (exact) mass is 1580 g/mol. The first kappa shape index (κ1) is 79.7. The molecule has 0 atom stereocenters. The lowest BCUT2D eigenvalue weighted by molar-refractivity contribution is -0.661. The van der Waals surface area contributed by atoms with Gasteiger partial charge in [0.05, 0.1) is 22.3 Å². The van der Waals surface area contributed by atoms with Crippen molar-refractivity contribution in [1.82, 2.24) is 19.9 Å². The Hall–Kier alpha value is -10.7. The summed E-state index contributed by atoms with van der Waals surface area (Å²) < 4.78 is 68.9.